The van der Waals surface area contributed by atoms with Crippen LogP contribution in [0.5, 0.6) is 0 Å². The molecule has 2 N–H and O–H groups in total. The number of para-hydroxylation sites is 1. The van der Waals surface area contributed by atoms with E-state index in [9.17, 15) is 9.59 Å². The number of hydrogen-bond acceptors (Lipinski definition) is 3. The first-order chi connectivity index (χ1) is 9.47. The lowest BCUT2D eigenvalue weighted by Gasteiger charge is -2.10. The van der Waals surface area contributed by atoms with Crippen LogP contribution in [-0.2, 0) is 4.79 Å². The molecule has 1 heterocycles. The van der Waals surface area contributed by atoms with Crippen LogP contribution >= 0.6 is 11.6 Å². The van der Waals surface area contributed by atoms with Gasteiger partial charge in [-0.15, -0.1) is 11.6 Å². The molecule has 0 aliphatic rings. The summed E-state index contributed by atoms with van der Waals surface area (Å²) in [6.45, 7) is 3.36. The van der Waals surface area contributed by atoms with Crippen LogP contribution in [0.3, 0.4) is 0 Å². The van der Waals surface area contributed by atoms with Crippen molar-refractivity contribution in [3.63, 3.8) is 0 Å². The van der Waals surface area contributed by atoms with Gasteiger partial charge in [0, 0.05) is 11.1 Å². The Balaban J connectivity index is 2.23. The predicted molar refractivity (Wildman–Crippen MR) is 79.0 cm³/mol. The van der Waals surface area contributed by atoms with Crippen LogP contribution in [0.2, 0.25) is 0 Å². The number of fused-ring (bicyclic) bond motifs is 1. The van der Waals surface area contributed by atoms with Gasteiger partial charge < -0.3 is 5.32 Å². The summed E-state index contributed by atoms with van der Waals surface area (Å²) >= 11 is 5.59. The number of carbonyl (C=O) groups excluding carboxylic acids is 2. The van der Waals surface area contributed by atoms with Crippen molar-refractivity contribution < 1.29 is 9.59 Å². The second-order valence-corrected chi connectivity index (χ2v) is 5.04. The maximum Gasteiger partial charge on any atom is 0.325 e. The van der Waals surface area contributed by atoms with Crippen molar-refractivity contribution >= 4 is 40.1 Å². The van der Waals surface area contributed by atoms with Gasteiger partial charge in [-0.2, -0.15) is 0 Å². The fourth-order valence-corrected chi connectivity index (χ4v) is 1.76. The SMILES string of the molecule is Cc1ccc2cccc(NC(=O)NC(=O)C(C)Cl)c2n1. The summed E-state index contributed by atoms with van der Waals surface area (Å²) in [4.78, 5) is 27.5. The topological polar surface area (TPSA) is 71.1 Å². The molecule has 6 heteroatoms. The molecule has 5 nitrogen and oxygen atoms in total. The number of alkyl halides is 1. The van der Waals surface area contributed by atoms with E-state index in [1.54, 1.807) is 12.1 Å². The Morgan fingerprint density at radius 2 is 2.00 bits per heavy atom. The fraction of sp³-hybridized carbons (Fsp3) is 0.214. The van der Waals surface area contributed by atoms with Gasteiger partial charge in [0.05, 0.1) is 11.2 Å². The molecule has 0 fully saturated rings. The molecule has 0 aliphatic carbocycles. The summed E-state index contributed by atoms with van der Waals surface area (Å²) < 4.78 is 0. The highest BCUT2D eigenvalue weighted by Crippen LogP contribution is 2.21. The summed E-state index contributed by atoms with van der Waals surface area (Å²) in [6.07, 6.45) is 0. The summed E-state index contributed by atoms with van der Waals surface area (Å²) in [7, 11) is 0. The zero-order valence-corrected chi connectivity index (χ0v) is 11.9. The van der Waals surface area contributed by atoms with E-state index in [0.717, 1.165) is 11.1 Å². The number of aryl methyl sites for hydroxylation is 1. The van der Waals surface area contributed by atoms with Gasteiger partial charge in [0.2, 0.25) is 5.91 Å². The Kier molecular flexibility index (Phi) is 4.20. The lowest BCUT2D eigenvalue weighted by atomic mass is 10.2. The number of imide groups is 1. The van der Waals surface area contributed by atoms with Crippen molar-refractivity contribution in [1.29, 1.82) is 0 Å². The molecule has 1 atom stereocenters. The third-order valence-corrected chi connectivity index (χ3v) is 2.90. The maximum atomic E-state index is 11.7. The van der Waals surface area contributed by atoms with Crippen LogP contribution in [-0.4, -0.2) is 22.3 Å². The van der Waals surface area contributed by atoms with Gasteiger partial charge in [-0.05, 0) is 26.0 Å². The molecule has 0 spiro atoms. The van der Waals surface area contributed by atoms with Gasteiger partial charge in [0.15, 0.2) is 0 Å². The quantitative estimate of drug-likeness (QED) is 0.836. The number of aromatic nitrogens is 1. The monoisotopic (exact) mass is 291 g/mol. The molecule has 0 aliphatic heterocycles. The number of nitrogens with one attached hydrogen (secondary N) is 2. The van der Waals surface area contributed by atoms with E-state index in [4.69, 9.17) is 11.6 Å². The van der Waals surface area contributed by atoms with Crippen molar-refractivity contribution in [1.82, 2.24) is 10.3 Å². The molecule has 2 aromatic rings. The predicted octanol–water partition coefficient (Wildman–Crippen LogP) is 2.82. The Morgan fingerprint density at radius 1 is 1.25 bits per heavy atom. The minimum absolute atomic E-state index is 0.540. The minimum atomic E-state index is -0.770. The molecule has 104 valence electrons. The van der Waals surface area contributed by atoms with Gasteiger partial charge in [-0.1, -0.05) is 18.2 Å². The molecule has 1 unspecified atom stereocenters. The van der Waals surface area contributed by atoms with E-state index in [1.165, 1.54) is 6.92 Å². The largest absolute Gasteiger partial charge is 0.325 e. The van der Waals surface area contributed by atoms with E-state index < -0.39 is 17.3 Å². The standard InChI is InChI=1S/C14H14ClN3O2/c1-8-6-7-10-4-3-5-11(12(10)16-8)17-14(20)18-13(19)9(2)15/h3-7,9H,1-2H3,(H2,17,18,19,20). The normalized spacial score (nSPS) is 11.9. The molecule has 20 heavy (non-hydrogen) atoms. The molecule has 0 bridgehead atoms. The van der Waals surface area contributed by atoms with E-state index in [-0.39, 0.29) is 0 Å². The summed E-state index contributed by atoms with van der Waals surface area (Å²) in [5.41, 5.74) is 2.06. The van der Waals surface area contributed by atoms with Crippen LogP contribution in [0.4, 0.5) is 10.5 Å². The lowest BCUT2D eigenvalue weighted by molar-refractivity contribution is -0.119. The lowest BCUT2D eigenvalue weighted by Crippen LogP contribution is -2.38. The number of amides is 3. The third-order valence-electron chi connectivity index (χ3n) is 2.71. The van der Waals surface area contributed by atoms with Gasteiger partial charge in [-0.3, -0.25) is 15.1 Å². The number of halogens is 1. The Bertz CT molecular complexity index is 671. The Labute approximate surface area is 121 Å². The van der Waals surface area contributed by atoms with Crippen molar-refractivity contribution in [3.8, 4) is 0 Å². The molecule has 1 aromatic carbocycles. The van der Waals surface area contributed by atoms with Gasteiger partial charge in [-0.25, -0.2) is 4.79 Å². The zero-order valence-electron chi connectivity index (χ0n) is 11.1. The van der Waals surface area contributed by atoms with E-state index in [0.29, 0.717) is 11.2 Å². The average molecular weight is 292 g/mol. The second kappa shape index (κ2) is 5.88. The zero-order chi connectivity index (χ0) is 14.7. The summed E-state index contributed by atoms with van der Waals surface area (Å²) in [5, 5.41) is 4.90. The number of hydrogen-bond donors (Lipinski definition) is 2. The van der Waals surface area contributed by atoms with Crippen LogP contribution < -0.4 is 10.6 Å². The highest BCUT2D eigenvalue weighted by molar-refractivity contribution is 6.31. The maximum absolute atomic E-state index is 11.7. The van der Waals surface area contributed by atoms with Crippen LogP contribution in [0.15, 0.2) is 30.3 Å². The van der Waals surface area contributed by atoms with Gasteiger partial charge >= 0.3 is 6.03 Å². The second-order valence-electron chi connectivity index (χ2n) is 4.39. The average Bonchev–Trinajstić information content (AvgIpc) is 2.39. The Hall–Kier alpha value is -2.14. The first-order valence-corrected chi connectivity index (χ1v) is 6.53. The van der Waals surface area contributed by atoms with Crippen LogP contribution in [0, 0.1) is 6.92 Å². The Morgan fingerprint density at radius 3 is 2.70 bits per heavy atom. The summed E-state index contributed by atoms with van der Waals surface area (Å²) in [6, 6.07) is 8.62. The molecule has 3 amide bonds. The number of urea groups is 1. The number of rotatable bonds is 2. The van der Waals surface area contributed by atoms with Gasteiger partial charge in [0.1, 0.15) is 5.38 Å². The third kappa shape index (κ3) is 3.24. The highest BCUT2D eigenvalue weighted by atomic mass is 35.5. The van der Waals surface area contributed by atoms with Crippen LogP contribution in [0.25, 0.3) is 10.9 Å². The van der Waals surface area contributed by atoms with E-state index >= 15 is 0 Å². The number of nitrogens with zero attached hydrogens (tertiary/aromatic N) is 1. The molecule has 0 radical (unpaired) electrons. The molecule has 1 aromatic heterocycles. The number of carbonyl (C=O) groups is 2. The smallest absolute Gasteiger partial charge is 0.306 e. The number of anilines is 1. The molecular formula is C14H14ClN3O2. The first kappa shape index (κ1) is 14.3. The van der Waals surface area contributed by atoms with E-state index in [1.807, 2.05) is 25.1 Å². The molecule has 0 saturated heterocycles. The van der Waals surface area contributed by atoms with Crippen molar-refractivity contribution in [2.24, 2.45) is 0 Å². The van der Waals surface area contributed by atoms with Crippen molar-refractivity contribution in [2.75, 3.05) is 5.32 Å². The first-order valence-electron chi connectivity index (χ1n) is 6.09. The summed E-state index contributed by atoms with van der Waals surface area (Å²) in [5.74, 6) is -0.548. The van der Waals surface area contributed by atoms with Gasteiger partial charge in [0.25, 0.3) is 0 Å². The van der Waals surface area contributed by atoms with Crippen molar-refractivity contribution in [3.05, 3.63) is 36.0 Å². The fourth-order valence-electron chi connectivity index (χ4n) is 1.71. The van der Waals surface area contributed by atoms with Crippen molar-refractivity contribution in [2.45, 2.75) is 19.2 Å². The molecule has 2 rings (SSSR count). The number of benzene rings is 1. The van der Waals surface area contributed by atoms with E-state index in [2.05, 4.69) is 15.6 Å². The number of pyridine rings is 1. The highest BCUT2D eigenvalue weighted by Gasteiger charge is 2.14. The molecular weight excluding hydrogens is 278 g/mol. The minimum Gasteiger partial charge on any atom is -0.306 e. The van der Waals surface area contributed by atoms with Crippen LogP contribution in [0.1, 0.15) is 12.6 Å². The molecule has 0 saturated carbocycles.